The van der Waals surface area contributed by atoms with Crippen molar-refractivity contribution in [3.63, 3.8) is 0 Å². The molecule has 0 N–H and O–H groups in total. The largest absolute Gasteiger partial charge is 0.474 e. The highest BCUT2D eigenvalue weighted by Gasteiger charge is 2.22. The fourth-order valence-corrected chi connectivity index (χ4v) is 3.19. The van der Waals surface area contributed by atoms with Gasteiger partial charge in [0, 0.05) is 50.5 Å². The Hall–Kier alpha value is -2.35. The van der Waals surface area contributed by atoms with Gasteiger partial charge in [-0.25, -0.2) is 14.5 Å². The third kappa shape index (κ3) is 3.14. The van der Waals surface area contributed by atoms with Crippen LogP contribution < -0.4 is 9.64 Å². The van der Waals surface area contributed by atoms with Gasteiger partial charge in [0.05, 0.1) is 6.20 Å². The lowest BCUT2D eigenvalue weighted by atomic mass is 10.1. The maximum absolute atomic E-state index is 6.05. The number of anilines is 1. The molecule has 0 aliphatic carbocycles. The van der Waals surface area contributed by atoms with E-state index in [2.05, 4.69) is 25.0 Å². The molecule has 0 unspecified atom stereocenters. The van der Waals surface area contributed by atoms with Gasteiger partial charge in [0.25, 0.3) is 0 Å². The molecule has 0 bridgehead atoms. The molecule has 3 aromatic rings. The highest BCUT2D eigenvalue weighted by Crippen LogP contribution is 2.22. The second-order valence-corrected chi connectivity index (χ2v) is 6.38. The fraction of sp³-hybridized carbons (Fsp3) is 0.375. The van der Waals surface area contributed by atoms with Crippen LogP contribution in [0.25, 0.3) is 5.65 Å². The van der Waals surface area contributed by atoms with Crippen molar-refractivity contribution in [2.75, 3.05) is 24.2 Å². The van der Waals surface area contributed by atoms with E-state index in [0.717, 1.165) is 42.6 Å². The zero-order valence-corrected chi connectivity index (χ0v) is 14.2. The first-order valence-electron chi connectivity index (χ1n) is 7.91. The molecule has 1 aliphatic rings. The first-order chi connectivity index (χ1) is 11.8. The smallest absolute Gasteiger partial charge is 0.217 e. The van der Waals surface area contributed by atoms with Crippen LogP contribution in [0, 0.1) is 0 Å². The second kappa shape index (κ2) is 6.64. The minimum atomic E-state index is 0.181. The van der Waals surface area contributed by atoms with Crippen LogP contribution in [0.15, 0.2) is 41.9 Å². The van der Waals surface area contributed by atoms with Gasteiger partial charge < -0.3 is 9.64 Å². The summed E-state index contributed by atoms with van der Waals surface area (Å²) in [6, 6.07) is 5.70. The molecule has 1 fully saturated rings. The van der Waals surface area contributed by atoms with Gasteiger partial charge >= 0.3 is 0 Å². The zero-order chi connectivity index (χ0) is 16.4. The SMILES string of the molecule is CSc1nccc(N2CCC(Oc3ccn4nccc4n3)CC2)n1. The normalized spacial score (nSPS) is 15.8. The summed E-state index contributed by atoms with van der Waals surface area (Å²) in [5.74, 6) is 1.65. The Balaban J connectivity index is 1.38. The number of thioether (sulfide) groups is 1. The van der Waals surface area contributed by atoms with E-state index in [4.69, 9.17) is 4.74 Å². The zero-order valence-electron chi connectivity index (χ0n) is 13.4. The lowest BCUT2D eigenvalue weighted by Crippen LogP contribution is -2.38. The third-order valence-corrected chi connectivity index (χ3v) is 4.65. The Morgan fingerprint density at radius 1 is 1.12 bits per heavy atom. The maximum Gasteiger partial charge on any atom is 0.217 e. The van der Waals surface area contributed by atoms with Crippen LogP contribution in [0.3, 0.4) is 0 Å². The van der Waals surface area contributed by atoms with Crippen molar-refractivity contribution in [2.45, 2.75) is 24.1 Å². The predicted molar refractivity (Wildman–Crippen MR) is 92.7 cm³/mol. The summed E-state index contributed by atoms with van der Waals surface area (Å²) in [5, 5.41) is 4.95. The van der Waals surface area contributed by atoms with E-state index in [0.29, 0.717) is 5.88 Å². The van der Waals surface area contributed by atoms with Gasteiger partial charge in [-0.15, -0.1) is 0 Å². The summed E-state index contributed by atoms with van der Waals surface area (Å²) in [6.07, 6.45) is 9.49. The lowest BCUT2D eigenvalue weighted by Gasteiger charge is -2.32. The van der Waals surface area contributed by atoms with Crippen molar-refractivity contribution in [1.29, 1.82) is 0 Å². The van der Waals surface area contributed by atoms with Crippen LogP contribution in [-0.4, -0.2) is 50.0 Å². The minimum absolute atomic E-state index is 0.181. The molecule has 0 spiro atoms. The van der Waals surface area contributed by atoms with E-state index < -0.39 is 0 Å². The number of nitrogens with zero attached hydrogens (tertiary/aromatic N) is 6. The van der Waals surface area contributed by atoms with Gasteiger partial charge in [-0.05, 0) is 12.3 Å². The summed E-state index contributed by atoms with van der Waals surface area (Å²) in [6.45, 7) is 1.84. The number of aromatic nitrogens is 5. The topological polar surface area (TPSA) is 68.4 Å². The van der Waals surface area contributed by atoms with Crippen molar-refractivity contribution < 1.29 is 4.74 Å². The Bertz CT molecular complexity index is 830. The molecule has 124 valence electrons. The molecule has 0 amide bonds. The average molecular weight is 342 g/mol. The maximum atomic E-state index is 6.05. The molecule has 8 heteroatoms. The Labute approximate surface area is 144 Å². The quantitative estimate of drug-likeness (QED) is 0.532. The Kier molecular flexibility index (Phi) is 4.20. The van der Waals surface area contributed by atoms with Gasteiger partial charge in [-0.2, -0.15) is 10.1 Å². The monoisotopic (exact) mass is 342 g/mol. The first-order valence-corrected chi connectivity index (χ1v) is 9.13. The number of ether oxygens (including phenoxy) is 1. The number of hydrogen-bond donors (Lipinski definition) is 0. The van der Waals surface area contributed by atoms with Crippen molar-refractivity contribution in [3.05, 3.63) is 36.8 Å². The van der Waals surface area contributed by atoms with Gasteiger partial charge in [0.1, 0.15) is 11.9 Å². The standard InChI is InChI=1S/C16H18N6OS/c1-24-16-17-7-2-13(20-16)21-9-4-12(5-10-21)23-15-6-11-22-14(19-15)3-8-18-22/h2-3,6-8,11-12H,4-5,9-10H2,1H3. The molecule has 0 radical (unpaired) electrons. The van der Waals surface area contributed by atoms with E-state index in [-0.39, 0.29) is 6.10 Å². The second-order valence-electron chi connectivity index (χ2n) is 5.61. The van der Waals surface area contributed by atoms with Gasteiger partial charge in [0.15, 0.2) is 10.8 Å². The molecule has 24 heavy (non-hydrogen) atoms. The van der Waals surface area contributed by atoms with Crippen LogP contribution >= 0.6 is 11.8 Å². The molecule has 3 aromatic heterocycles. The van der Waals surface area contributed by atoms with Crippen LogP contribution in [-0.2, 0) is 0 Å². The number of hydrogen-bond acceptors (Lipinski definition) is 7. The fourth-order valence-electron chi connectivity index (χ4n) is 2.84. The molecule has 0 atom stereocenters. The molecule has 1 aliphatic heterocycles. The molecule has 1 saturated heterocycles. The summed E-state index contributed by atoms with van der Waals surface area (Å²) >= 11 is 1.56. The molecule has 0 aromatic carbocycles. The van der Waals surface area contributed by atoms with E-state index in [1.807, 2.05) is 36.8 Å². The van der Waals surface area contributed by atoms with Crippen LogP contribution in [0.2, 0.25) is 0 Å². The lowest BCUT2D eigenvalue weighted by molar-refractivity contribution is 0.164. The van der Waals surface area contributed by atoms with Gasteiger partial charge in [-0.3, -0.25) is 0 Å². The van der Waals surface area contributed by atoms with Crippen molar-refractivity contribution >= 4 is 23.2 Å². The summed E-state index contributed by atoms with van der Waals surface area (Å²) < 4.78 is 7.78. The highest BCUT2D eigenvalue weighted by molar-refractivity contribution is 7.98. The Morgan fingerprint density at radius 3 is 2.83 bits per heavy atom. The van der Waals surface area contributed by atoms with E-state index in [1.54, 1.807) is 22.5 Å². The molecular weight excluding hydrogens is 324 g/mol. The molecule has 7 nitrogen and oxygen atoms in total. The van der Waals surface area contributed by atoms with Crippen molar-refractivity contribution in [2.24, 2.45) is 0 Å². The van der Waals surface area contributed by atoms with Crippen molar-refractivity contribution in [3.8, 4) is 5.88 Å². The van der Waals surface area contributed by atoms with Crippen molar-refractivity contribution in [1.82, 2.24) is 24.6 Å². The molecular formula is C16H18N6OS. The summed E-state index contributed by atoms with van der Waals surface area (Å²) in [4.78, 5) is 15.6. The highest BCUT2D eigenvalue weighted by atomic mass is 32.2. The molecule has 4 heterocycles. The van der Waals surface area contributed by atoms with Crippen LogP contribution in [0.4, 0.5) is 5.82 Å². The predicted octanol–water partition coefficient (Wildman–Crippen LogP) is 2.29. The molecule has 0 saturated carbocycles. The Morgan fingerprint density at radius 2 is 2.00 bits per heavy atom. The molecule has 4 rings (SSSR count). The van der Waals surface area contributed by atoms with Gasteiger partial charge in [0.2, 0.25) is 5.88 Å². The van der Waals surface area contributed by atoms with E-state index in [1.165, 1.54) is 0 Å². The number of fused-ring (bicyclic) bond motifs is 1. The van der Waals surface area contributed by atoms with Crippen LogP contribution in [0.5, 0.6) is 5.88 Å². The minimum Gasteiger partial charge on any atom is -0.474 e. The summed E-state index contributed by atoms with van der Waals surface area (Å²) in [7, 11) is 0. The van der Waals surface area contributed by atoms with Gasteiger partial charge in [-0.1, -0.05) is 11.8 Å². The third-order valence-electron chi connectivity index (χ3n) is 4.09. The number of rotatable bonds is 4. The first kappa shape index (κ1) is 15.2. The summed E-state index contributed by atoms with van der Waals surface area (Å²) in [5.41, 5.74) is 0.801. The van der Waals surface area contributed by atoms with E-state index in [9.17, 15) is 0 Å². The van der Waals surface area contributed by atoms with Crippen LogP contribution in [0.1, 0.15) is 12.8 Å². The number of piperidine rings is 1. The average Bonchev–Trinajstić information content (AvgIpc) is 3.10. The van der Waals surface area contributed by atoms with E-state index >= 15 is 0 Å².